The van der Waals surface area contributed by atoms with Gasteiger partial charge in [0.2, 0.25) is 0 Å². The van der Waals surface area contributed by atoms with Gasteiger partial charge in [-0.2, -0.15) is 0 Å². The summed E-state index contributed by atoms with van der Waals surface area (Å²) in [5.41, 5.74) is 1.03. The molecule has 0 aromatic heterocycles. The molecule has 1 rings (SSSR count). The van der Waals surface area contributed by atoms with Gasteiger partial charge in [-0.3, -0.25) is 0 Å². The zero-order valence-electron chi connectivity index (χ0n) is 10.5. The van der Waals surface area contributed by atoms with Crippen molar-refractivity contribution in [1.29, 1.82) is 0 Å². The molecule has 0 atom stereocenters. The first-order valence-electron chi connectivity index (χ1n) is 5.53. The Morgan fingerprint density at radius 3 is 2.53 bits per heavy atom. The van der Waals surface area contributed by atoms with Crippen molar-refractivity contribution in [2.45, 2.75) is 27.2 Å². The number of hydrogen-bond donors (Lipinski definition) is 1. The third-order valence-electron chi connectivity index (χ3n) is 2.23. The molecule has 0 saturated heterocycles. The minimum Gasteiger partial charge on any atom is -0.316 e. The predicted molar refractivity (Wildman–Crippen MR) is 77.4 cm³/mol. The van der Waals surface area contributed by atoms with E-state index in [9.17, 15) is 4.39 Å². The van der Waals surface area contributed by atoms with Crippen LogP contribution in [0.5, 0.6) is 0 Å². The normalized spacial score (nSPS) is 11.1. The van der Waals surface area contributed by atoms with Crippen molar-refractivity contribution in [3.8, 4) is 0 Å². The molecule has 1 aromatic carbocycles. The highest BCUT2D eigenvalue weighted by Gasteiger charge is 2.09. The Balaban J connectivity index is 0.00000256. The number of nitrogens with one attached hydrogen (secondary N) is 1. The second-order valence-electron chi connectivity index (χ2n) is 5.22. The SMILES string of the molecule is CC(C)(C)CNCCc1cc(Br)ccc1F.Cl. The van der Waals surface area contributed by atoms with Gasteiger partial charge >= 0.3 is 0 Å². The highest BCUT2D eigenvalue weighted by molar-refractivity contribution is 9.10. The van der Waals surface area contributed by atoms with Crippen LogP contribution in [0.15, 0.2) is 22.7 Å². The summed E-state index contributed by atoms with van der Waals surface area (Å²) in [6.45, 7) is 8.30. The fourth-order valence-corrected chi connectivity index (χ4v) is 1.83. The van der Waals surface area contributed by atoms with Gasteiger partial charge in [-0.1, -0.05) is 36.7 Å². The first kappa shape index (κ1) is 16.9. The quantitative estimate of drug-likeness (QED) is 0.819. The predicted octanol–water partition coefficient (Wildman–Crippen LogP) is 4.19. The van der Waals surface area contributed by atoms with Crippen LogP contribution in [0.3, 0.4) is 0 Å². The van der Waals surface area contributed by atoms with E-state index in [4.69, 9.17) is 0 Å². The molecule has 0 heterocycles. The highest BCUT2D eigenvalue weighted by atomic mass is 79.9. The summed E-state index contributed by atoms with van der Waals surface area (Å²) in [5, 5.41) is 3.34. The van der Waals surface area contributed by atoms with Crippen LogP contribution < -0.4 is 5.32 Å². The summed E-state index contributed by atoms with van der Waals surface area (Å²) in [5.74, 6) is -0.124. The lowest BCUT2D eigenvalue weighted by molar-refractivity contribution is 0.381. The van der Waals surface area contributed by atoms with Gasteiger partial charge in [0.05, 0.1) is 0 Å². The third-order valence-corrected chi connectivity index (χ3v) is 2.73. The van der Waals surface area contributed by atoms with Crippen molar-refractivity contribution in [1.82, 2.24) is 5.32 Å². The van der Waals surface area contributed by atoms with Gasteiger partial charge in [-0.15, -0.1) is 12.4 Å². The molecule has 0 saturated carbocycles. The Morgan fingerprint density at radius 2 is 1.94 bits per heavy atom. The van der Waals surface area contributed by atoms with Gasteiger partial charge in [-0.25, -0.2) is 4.39 Å². The Kier molecular flexibility index (Phi) is 7.29. The number of halogens is 3. The van der Waals surface area contributed by atoms with Crippen molar-refractivity contribution >= 4 is 28.3 Å². The topological polar surface area (TPSA) is 12.0 Å². The lowest BCUT2D eigenvalue weighted by Crippen LogP contribution is -2.28. The minimum atomic E-state index is -0.124. The fraction of sp³-hybridized carbons (Fsp3) is 0.538. The molecule has 0 aliphatic rings. The summed E-state index contributed by atoms with van der Waals surface area (Å²) >= 11 is 3.35. The Bertz CT molecular complexity index is 350. The van der Waals surface area contributed by atoms with E-state index < -0.39 is 0 Å². The molecular formula is C13H20BrClFN. The van der Waals surface area contributed by atoms with Gasteiger partial charge < -0.3 is 5.32 Å². The Hall–Kier alpha value is -0.120. The van der Waals surface area contributed by atoms with Crippen LogP contribution in [0, 0.1) is 11.2 Å². The number of rotatable bonds is 4. The summed E-state index contributed by atoms with van der Waals surface area (Å²) in [6.07, 6.45) is 0.724. The summed E-state index contributed by atoms with van der Waals surface area (Å²) in [6, 6.07) is 5.07. The van der Waals surface area contributed by atoms with E-state index >= 15 is 0 Å². The Labute approximate surface area is 118 Å². The molecule has 98 valence electrons. The minimum absolute atomic E-state index is 0. The van der Waals surface area contributed by atoms with Crippen LogP contribution in [0.4, 0.5) is 4.39 Å². The molecule has 0 unspecified atom stereocenters. The van der Waals surface area contributed by atoms with E-state index in [1.807, 2.05) is 6.07 Å². The molecule has 0 aliphatic heterocycles. The van der Waals surface area contributed by atoms with E-state index in [0.29, 0.717) is 0 Å². The first-order chi connectivity index (χ1) is 7.38. The summed E-state index contributed by atoms with van der Waals surface area (Å²) in [7, 11) is 0. The highest BCUT2D eigenvalue weighted by Crippen LogP contribution is 2.16. The molecule has 0 spiro atoms. The molecule has 0 fully saturated rings. The van der Waals surface area contributed by atoms with Gasteiger partial charge in [0.25, 0.3) is 0 Å². The van der Waals surface area contributed by atoms with Gasteiger partial charge in [0.15, 0.2) is 0 Å². The van der Waals surface area contributed by atoms with Crippen LogP contribution >= 0.6 is 28.3 Å². The van der Waals surface area contributed by atoms with E-state index in [1.165, 1.54) is 6.07 Å². The molecule has 1 N–H and O–H groups in total. The standard InChI is InChI=1S/C13H19BrFN.ClH/c1-13(2,3)9-16-7-6-10-8-11(14)4-5-12(10)15;/h4-5,8,16H,6-7,9H2,1-3H3;1H. The summed E-state index contributed by atoms with van der Waals surface area (Å²) < 4.78 is 14.3. The van der Waals surface area contributed by atoms with Crippen molar-refractivity contribution in [2.24, 2.45) is 5.41 Å². The van der Waals surface area contributed by atoms with Gasteiger partial charge in [0.1, 0.15) is 5.82 Å². The van der Waals surface area contributed by atoms with Gasteiger partial charge in [-0.05, 0) is 42.1 Å². The molecular weight excluding hydrogens is 305 g/mol. The number of hydrogen-bond acceptors (Lipinski definition) is 1. The second-order valence-corrected chi connectivity index (χ2v) is 6.14. The van der Waals surface area contributed by atoms with Crippen LogP contribution in [0.1, 0.15) is 26.3 Å². The van der Waals surface area contributed by atoms with E-state index in [2.05, 4.69) is 42.0 Å². The van der Waals surface area contributed by atoms with Crippen LogP contribution in [0.2, 0.25) is 0 Å². The zero-order valence-corrected chi connectivity index (χ0v) is 12.9. The second kappa shape index (κ2) is 7.34. The van der Waals surface area contributed by atoms with E-state index in [0.717, 1.165) is 29.5 Å². The van der Waals surface area contributed by atoms with E-state index in [-0.39, 0.29) is 23.6 Å². The maximum atomic E-state index is 13.4. The molecule has 0 amide bonds. The largest absolute Gasteiger partial charge is 0.316 e. The average molecular weight is 325 g/mol. The molecule has 1 nitrogen and oxygen atoms in total. The molecule has 17 heavy (non-hydrogen) atoms. The van der Waals surface area contributed by atoms with Crippen LogP contribution in [-0.2, 0) is 6.42 Å². The molecule has 0 aliphatic carbocycles. The number of benzene rings is 1. The molecule has 1 aromatic rings. The summed E-state index contributed by atoms with van der Waals surface area (Å²) in [4.78, 5) is 0. The Morgan fingerprint density at radius 1 is 1.29 bits per heavy atom. The molecule has 4 heteroatoms. The van der Waals surface area contributed by atoms with Crippen molar-refractivity contribution in [2.75, 3.05) is 13.1 Å². The average Bonchev–Trinajstić information content (AvgIpc) is 2.16. The molecule has 0 radical (unpaired) electrons. The lowest BCUT2D eigenvalue weighted by Gasteiger charge is -2.18. The molecule has 0 bridgehead atoms. The van der Waals surface area contributed by atoms with Crippen LogP contribution in [0.25, 0.3) is 0 Å². The van der Waals surface area contributed by atoms with Crippen molar-refractivity contribution < 1.29 is 4.39 Å². The van der Waals surface area contributed by atoms with Crippen molar-refractivity contribution in [3.05, 3.63) is 34.1 Å². The maximum absolute atomic E-state index is 13.4. The monoisotopic (exact) mass is 323 g/mol. The first-order valence-corrected chi connectivity index (χ1v) is 6.32. The van der Waals surface area contributed by atoms with Gasteiger partial charge in [0, 0.05) is 11.0 Å². The van der Waals surface area contributed by atoms with E-state index in [1.54, 1.807) is 6.07 Å². The van der Waals surface area contributed by atoms with Crippen LogP contribution in [-0.4, -0.2) is 13.1 Å². The lowest BCUT2D eigenvalue weighted by atomic mass is 9.97. The van der Waals surface area contributed by atoms with Crippen molar-refractivity contribution in [3.63, 3.8) is 0 Å². The smallest absolute Gasteiger partial charge is 0.126 e. The zero-order chi connectivity index (χ0) is 12.2. The maximum Gasteiger partial charge on any atom is 0.126 e. The fourth-order valence-electron chi connectivity index (χ4n) is 1.42. The third kappa shape index (κ3) is 7.02.